The summed E-state index contributed by atoms with van der Waals surface area (Å²) in [6.07, 6.45) is 4.45. The first kappa shape index (κ1) is 12.4. The van der Waals surface area contributed by atoms with Crippen molar-refractivity contribution in [3.63, 3.8) is 0 Å². The Morgan fingerprint density at radius 1 is 0.812 bits per heavy atom. The number of hydrogen-bond donors (Lipinski definition) is 0. The van der Waals surface area contributed by atoms with E-state index in [0.29, 0.717) is 0 Å². The van der Waals surface area contributed by atoms with Crippen LogP contribution >= 0.6 is 0 Å². The van der Waals surface area contributed by atoms with Crippen LogP contribution < -0.4 is 0 Å². The van der Waals surface area contributed by atoms with E-state index in [2.05, 4.69) is 31.0 Å². The molecule has 84 valence electrons. The first-order valence-corrected chi connectivity index (χ1v) is 5.85. The molecule has 0 unspecified atom stereocenters. The average Bonchev–Trinajstić information content (AvgIpc) is 2.41. The average molecular weight is 213 g/mol. The van der Waals surface area contributed by atoms with Gasteiger partial charge in [-0.3, -0.25) is 4.98 Å². The molecule has 2 aromatic rings. The molecule has 0 fully saturated rings. The highest BCUT2D eigenvalue weighted by Crippen LogP contribution is 2.14. The van der Waals surface area contributed by atoms with Crippen LogP contribution in [0.15, 0.2) is 54.7 Å². The number of nitrogens with zero attached hydrogens (tertiary/aromatic N) is 1. The number of aromatic nitrogens is 1. The smallest absolute Gasteiger partial charge is 0.0701 e. The van der Waals surface area contributed by atoms with Gasteiger partial charge in [0.2, 0.25) is 0 Å². The number of unbranched alkanes of at least 4 members (excludes halogenated alkanes) is 1. The maximum atomic E-state index is 4.25. The molecule has 0 saturated carbocycles. The SMILES string of the molecule is CCCC.c1ccc(-c2ccccn2)cc1. The van der Waals surface area contributed by atoms with Crippen molar-refractivity contribution in [1.82, 2.24) is 4.98 Å². The van der Waals surface area contributed by atoms with E-state index in [1.807, 2.05) is 42.6 Å². The van der Waals surface area contributed by atoms with Crippen LogP contribution in [-0.2, 0) is 0 Å². The summed E-state index contributed by atoms with van der Waals surface area (Å²) in [5, 5.41) is 0. The summed E-state index contributed by atoms with van der Waals surface area (Å²) in [4.78, 5) is 4.25. The van der Waals surface area contributed by atoms with Gasteiger partial charge in [0.15, 0.2) is 0 Å². The summed E-state index contributed by atoms with van der Waals surface area (Å²) in [5.41, 5.74) is 2.19. The van der Waals surface area contributed by atoms with Crippen molar-refractivity contribution in [2.75, 3.05) is 0 Å². The normalized spacial score (nSPS) is 9.12. The van der Waals surface area contributed by atoms with Crippen molar-refractivity contribution in [2.24, 2.45) is 0 Å². The Labute approximate surface area is 98.2 Å². The molecule has 0 saturated heterocycles. The zero-order valence-corrected chi connectivity index (χ0v) is 10.1. The fourth-order valence-corrected chi connectivity index (χ4v) is 1.14. The molecular formula is C15H19N. The summed E-state index contributed by atoms with van der Waals surface area (Å²) < 4.78 is 0. The monoisotopic (exact) mass is 213 g/mol. The molecule has 0 N–H and O–H groups in total. The zero-order valence-electron chi connectivity index (χ0n) is 10.1. The lowest BCUT2D eigenvalue weighted by Crippen LogP contribution is -1.79. The van der Waals surface area contributed by atoms with E-state index in [-0.39, 0.29) is 0 Å². The van der Waals surface area contributed by atoms with E-state index in [1.165, 1.54) is 12.8 Å². The molecule has 0 spiro atoms. The Balaban J connectivity index is 0.000000280. The van der Waals surface area contributed by atoms with Crippen molar-refractivity contribution >= 4 is 0 Å². The second-order valence-corrected chi connectivity index (χ2v) is 3.58. The predicted molar refractivity (Wildman–Crippen MR) is 70.3 cm³/mol. The molecule has 1 heterocycles. The van der Waals surface area contributed by atoms with Crippen LogP contribution in [0.2, 0.25) is 0 Å². The molecule has 0 aliphatic carbocycles. The first-order chi connectivity index (χ1) is 7.88. The van der Waals surface area contributed by atoms with Gasteiger partial charge in [-0.15, -0.1) is 0 Å². The quantitative estimate of drug-likeness (QED) is 0.713. The van der Waals surface area contributed by atoms with Crippen LogP contribution in [0.1, 0.15) is 26.7 Å². The Hall–Kier alpha value is -1.63. The van der Waals surface area contributed by atoms with Gasteiger partial charge in [0.25, 0.3) is 0 Å². The van der Waals surface area contributed by atoms with Crippen LogP contribution in [0.5, 0.6) is 0 Å². The fraction of sp³-hybridized carbons (Fsp3) is 0.267. The Morgan fingerprint density at radius 3 is 1.94 bits per heavy atom. The van der Waals surface area contributed by atoms with Gasteiger partial charge in [0.1, 0.15) is 0 Å². The minimum atomic E-state index is 1.03. The summed E-state index contributed by atoms with van der Waals surface area (Å²) >= 11 is 0. The van der Waals surface area contributed by atoms with Crippen LogP contribution in [0.25, 0.3) is 11.3 Å². The van der Waals surface area contributed by atoms with E-state index in [4.69, 9.17) is 0 Å². The molecular weight excluding hydrogens is 194 g/mol. The zero-order chi connectivity index (χ0) is 11.6. The number of rotatable bonds is 2. The van der Waals surface area contributed by atoms with Crippen molar-refractivity contribution in [1.29, 1.82) is 0 Å². The lowest BCUT2D eigenvalue weighted by molar-refractivity contribution is 0.886. The molecule has 0 amide bonds. The summed E-state index contributed by atoms with van der Waals surface area (Å²) in [6.45, 7) is 4.36. The second kappa shape index (κ2) is 7.63. The van der Waals surface area contributed by atoms with E-state index < -0.39 is 0 Å². The van der Waals surface area contributed by atoms with Gasteiger partial charge in [-0.1, -0.05) is 63.1 Å². The molecule has 2 rings (SSSR count). The van der Waals surface area contributed by atoms with Crippen LogP contribution in [-0.4, -0.2) is 4.98 Å². The number of pyridine rings is 1. The highest BCUT2D eigenvalue weighted by molar-refractivity contribution is 5.58. The molecule has 0 bridgehead atoms. The molecule has 0 radical (unpaired) electrons. The topological polar surface area (TPSA) is 12.9 Å². The van der Waals surface area contributed by atoms with Crippen molar-refractivity contribution in [3.05, 3.63) is 54.7 Å². The summed E-state index contributed by atoms with van der Waals surface area (Å²) in [7, 11) is 0. The Morgan fingerprint density at radius 2 is 1.44 bits per heavy atom. The molecule has 1 aromatic carbocycles. The van der Waals surface area contributed by atoms with Crippen LogP contribution in [0.4, 0.5) is 0 Å². The summed E-state index contributed by atoms with van der Waals surface area (Å²) in [5.74, 6) is 0. The van der Waals surface area contributed by atoms with Crippen molar-refractivity contribution < 1.29 is 0 Å². The van der Waals surface area contributed by atoms with Gasteiger partial charge in [-0.25, -0.2) is 0 Å². The third-order valence-corrected chi connectivity index (χ3v) is 2.23. The predicted octanol–water partition coefficient (Wildman–Crippen LogP) is 4.56. The second-order valence-electron chi connectivity index (χ2n) is 3.58. The lowest BCUT2D eigenvalue weighted by Gasteiger charge is -1.97. The third-order valence-electron chi connectivity index (χ3n) is 2.23. The van der Waals surface area contributed by atoms with Crippen LogP contribution in [0, 0.1) is 0 Å². The first-order valence-electron chi connectivity index (χ1n) is 5.85. The molecule has 1 aromatic heterocycles. The van der Waals surface area contributed by atoms with E-state index >= 15 is 0 Å². The molecule has 0 atom stereocenters. The number of hydrogen-bond acceptors (Lipinski definition) is 1. The number of benzene rings is 1. The largest absolute Gasteiger partial charge is 0.256 e. The molecule has 0 aliphatic heterocycles. The molecule has 1 nitrogen and oxygen atoms in total. The van der Waals surface area contributed by atoms with E-state index in [1.54, 1.807) is 0 Å². The highest BCUT2D eigenvalue weighted by atomic mass is 14.7. The third kappa shape index (κ3) is 4.26. The maximum Gasteiger partial charge on any atom is 0.0701 e. The molecule has 16 heavy (non-hydrogen) atoms. The lowest BCUT2D eigenvalue weighted by atomic mass is 10.1. The van der Waals surface area contributed by atoms with Crippen molar-refractivity contribution in [2.45, 2.75) is 26.7 Å². The van der Waals surface area contributed by atoms with Gasteiger partial charge in [0, 0.05) is 11.8 Å². The van der Waals surface area contributed by atoms with Crippen molar-refractivity contribution in [3.8, 4) is 11.3 Å². The van der Waals surface area contributed by atoms with E-state index in [9.17, 15) is 0 Å². The van der Waals surface area contributed by atoms with Gasteiger partial charge >= 0.3 is 0 Å². The summed E-state index contributed by atoms with van der Waals surface area (Å²) in [6, 6.07) is 16.1. The van der Waals surface area contributed by atoms with Gasteiger partial charge in [-0.2, -0.15) is 0 Å². The highest BCUT2D eigenvalue weighted by Gasteiger charge is 1.93. The fourth-order valence-electron chi connectivity index (χ4n) is 1.14. The van der Waals surface area contributed by atoms with E-state index in [0.717, 1.165) is 11.3 Å². The minimum absolute atomic E-state index is 1.03. The van der Waals surface area contributed by atoms with Gasteiger partial charge in [-0.05, 0) is 12.1 Å². The standard InChI is InChI=1S/C11H9N.C4H10/c1-2-6-10(7-3-1)11-8-4-5-9-12-11;1-3-4-2/h1-9H;3-4H2,1-2H3. The minimum Gasteiger partial charge on any atom is -0.256 e. The van der Waals surface area contributed by atoms with Gasteiger partial charge in [0.05, 0.1) is 5.69 Å². The Kier molecular flexibility index (Phi) is 5.94. The van der Waals surface area contributed by atoms with Crippen LogP contribution in [0.3, 0.4) is 0 Å². The molecule has 0 aliphatic rings. The molecule has 1 heteroatoms. The Bertz CT molecular complexity index is 328. The van der Waals surface area contributed by atoms with Gasteiger partial charge < -0.3 is 0 Å². The maximum absolute atomic E-state index is 4.25.